The topological polar surface area (TPSA) is 296 Å². The molecule has 4 aliphatic rings. The van der Waals surface area contributed by atoms with E-state index in [0.29, 0.717) is 50.5 Å². The van der Waals surface area contributed by atoms with Crippen LogP contribution in [0, 0.1) is 23.7 Å². The molecule has 23 heteroatoms. The summed E-state index contributed by atoms with van der Waals surface area (Å²) >= 11 is 0. The zero-order valence-corrected chi connectivity index (χ0v) is 47.9. The summed E-state index contributed by atoms with van der Waals surface area (Å²) in [5, 5.41) is 11.5. The quantitative estimate of drug-likeness (QED) is 0.0688. The number of sulfonamides is 2. The molecule has 6 N–H and O–H groups in total. The van der Waals surface area contributed by atoms with Crippen molar-refractivity contribution in [1.82, 2.24) is 24.6 Å². The number of aliphatic carboxylic acids is 1. The maximum absolute atomic E-state index is 13.3. The van der Waals surface area contributed by atoms with Crippen LogP contribution in [0.2, 0.25) is 0 Å². The van der Waals surface area contributed by atoms with Crippen molar-refractivity contribution in [2.45, 2.75) is 113 Å². The molecule has 0 aromatic heterocycles. The van der Waals surface area contributed by atoms with Gasteiger partial charge in [0.1, 0.15) is 47.0 Å². The number of hydrogen-bond acceptors (Lipinski definition) is 15. The zero-order chi connectivity index (χ0) is 59.6. The summed E-state index contributed by atoms with van der Waals surface area (Å²) in [6, 6.07) is 30.8. The first-order valence-electron chi connectivity index (χ1n) is 26.2. The lowest BCUT2D eigenvalue weighted by atomic mass is 10.1. The van der Waals surface area contributed by atoms with Crippen molar-refractivity contribution in [2.75, 3.05) is 26.2 Å². The van der Waals surface area contributed by atoms with Crippen LogP contribution in [0.4, 0.5) is 9.59 Å². The smallest absolute Gasteiger partial charge is 0.410 e. The van der Waals surface area contributed by atoms with Crippen molar-refractivity contribution in [3.05, 3.63) is 146 Å². The number of ether oxygens (including phenoxy) is 4. The molecule has 0 unspecified atom stereocenters. The zero-order valence-electron chi connectivity index (χ0n) is 46.3. The Hall–Kier alpha value is -7.76. The first kappa shape index (κ1) is 62.4. The highest BCUT2D eigenvalue weighted by atomic mass is 32.2. The Labute approximate surface area is 473 Å². The van der Waals surface area contributed by atoms with E-state index in [2.05, 4.69) is 23.2 Å². The number of carbonyl (C=O) groups excluding carboxylic acids is 5. The van der Waals surface area contributed by atoms with Crippen LogP contribution < -0.4 is 30.0 Å². The minimum Gasteiger partial charge on any atom is -0.489 e. The minimum absolute atomic E-state index is 0.0594. The van der Waals surface area contributed by atoms with Crippen molar-refractivity contribution in [3.8, 4) is 11.5 Å². The molecule has 5 amide bonds. The van der Waals surface area contributed by atoms with Crippen molar-refractivity contribution in [3.63, 3.8) is 0 Å². The lowest BCUT2D eigenvalue weighted by molar-refractivity contribution is -0.141. The molecule has 0 spiro atoms. The summed E-state index contributed by atoms with van der Waals surface area (Å²) in [5.41, 5.74) is 3.95. The SMILES string of the molecule is C=C[C@@H]1C[C@]1(N)C(=O)NS(=O)(=O)c1cccc(OCc2ccccc2)c1.C=C[C@@H]1C[C@]1(NC(=O)[C@H]1CCN(C(=O)OC(C)(C)C)C1)C(=O)NS(=O)(=O)c1cccc(OCc2ccccc2)c1.CC(C)(C)OC(=O)N1CC[C@H](C(=O)O)C1. The minimum atomic E-state index is -4.27. The van der Waals surface area contributed by atoms with Crippen molar-refractivity contribution in [1.29, 1.82) is 0 Å². The van der Waals surface area contributed by atoms with Gasteiger partial charge in [0.2, 0.25) is 5.91 Å². The average Bonchev–Trinajstić information content (AvgIpc) is 4.30. The number of benzene rings is 4. The first-order chi connectivity index (χ1) is 38.0. The standard InChI is InChI=1S/C29H35N3O7S.C19H20N2O4S.C10H17NO4/c1-5-22-17-29(22,30-25(33)21-14-15-32(18-21)27(35)39-28(2,3)4)26(34)31-40(36,37)24-13-9-12-23(16-24)38-19-20-10-7-6-8-11-20;1-2-15-12-19(15,20)18(22)21-26(23,24)17-10-6-9-16(11-17)25-13-14-7-4-3-5-8-14;1-10(2,3)15-9(14)11-5-4-7(6-11)8(12)13/h5-13,16,21-22H,1,14-15,17-19H2,2-4H3,(H,30,33)(H,31,34);2-11,15H,1,12-13,20H2,(H,21,22);7H,4-6H2,1-3H3,(H,12,13)/t21-,22+,29+;15-,19-;7-/m010/s1. The summed E-state index contributed by atoms with van der Waals surface area (Å²) in [7, 11) is -8.30. The molecule has 4 fully saturated rings. The van der Waals surface area contributed by atoms with Gasteiger partial charge in [-0.3, -0.25) is 19.2 Å². The maximum atomic E-state index is 13.3. The fourth-order valence-electron chi connectivity index (χ4n) is 8.63. The first-order valence-corrected chi connectivity index (χ1v) is 29.2. The lowest BCUT2D eigenvalue weighted by Crippen LogP contribution is -2.53. The predicted octanol–water partition coefficient (Wildman–Crippen LogP) is 6.69. The van der Waals surface area contributed by atoms with Crippen LogP contribution in [-0.2, 0) is 61.9 Å². The molecular weight excluding hydrogens is 1080 g/mol. The lowest BCUT2D eigenvalue weighted by Gasteiger charge is -2.24. The van der Waals surface area contributed by atoms with Crippen LogP contribution in [0.25, 0.3) is 0 Å². The van der Waals surface area contributed by atoms with Gasteiger partial charge >= 0.3 is 18.2 Å². The van der Waals surface area contributed by atoms with Gasteiger partial charge in [0.15, 0.2) is 0 Å². The van der Waals surface area contributed by atoms with E-state index < -0.39 is 96.0 Å². The third-order valence-corrected chi connectivity index (χ3v) is 16.1. The predicted molar refractivity (Wildman–Crippen MR) is 299 cm³/mol. The van der Waals surface area contributed by atoms with Crippen molar-refractivity contribution in [2.24, 2.45) is 29.4 Å². The van der Waals surface area contributed by atoms with Crippen LogP contribution >= 0.6 is 0 Å². The van der Waals surface area contributed by atoms with E-state index >= 15 is 0 Å². The van der Waals surface area contributed by atoms with E-state index in [1.54, 1.807) is 65.8 Å². The van der Waals surface area contributed by atoms with E-state index in [1.165, 1.54) is 46.2 Å². The Morgan fingerprint density at radius 1 is 0.630 bits per heavy atom. The molecule has 2 saturated carbocycles. The molecule has 2 saturated heterocycles. The summed E-state index contributed by atoms with van der Waals surface area (Å²) in [6.45, 7) is 19.7. The molecule has 0 bridgehead atoms. The summed E-state index contributed by atoms with van der Waals surface area (Å²) in [6.07, 6.45) is 3.66. The number of hydrogen-bond donors (Lipinski definition) is 5. The number of rotatable bonds is 17. The molecule has 21 nitrogen and oxygen atoms in total. The van der Waals surface area contributed by atoms with Gasteiger partial charge in [-0.2, -0.15) is 0 Å². The third kappa shape index (κ3) is 17.4. The van der Waals surface area contributed by atoms with E-state index in [9.17, 15) is 45.6 Å². The third-order valence-electron chi connectivity index (χ3n) is 13.4. The maximum Gasteiger partial charge on any atom is 0.410 e. The Morgan fingerprint density at radius 3 is 1.46 bits per heavy atom. The number of amides is 5. The molecule has 2 aliphatic heterocycles. The monoisotopic (exact) mass is 1160 g/mol. The van der Waals surface area contributed by atoms with Gasteiger partial charge in [-0.1, -0.05) is 84.9 Å². The van der Waals surface area contributed by atoms with Gasteiger partial charge in [0, 0.05) is 50.1 Å². The molecular formula is C58H72N6O15S2. The van der Waals surface area contributed by atoms with Crippen LogP contribution in [0.5, 0.6) is 11.5 Å². The van der Waals surface area contributed by atoms with Crippen LogP contribution in [-0.4, -0.2) is 116 Å². The molecule has 8 rings (SSSR count). The Balaban J connectivity index is 0.000000219. The van der Waals surface area contributed by atoms with Crippen LogP contribution in [0.1, 0.15) is 78.4 Å². The van der Waals surface area contributed by atoms with Gasteiger partial charge < -0.3 is 44.9 Å². The van der Waals surface area contributed by atoms with E-state index in [4.69, 9.17) is 29.8 Å². The number of carbonyl (C=O) groups is 6. The molecule has 4 aromatic carbocycles. The van der Waals surface area contributed by atoms with Gasteiger partial charge in [0.25, 0.3) is 31.9 Å². The van der Waals surface area contributed by atoms with E-state index in [-0.39, 0.29) is 41.8 Å². The largest absolute Gasteiger partial charge is 0.489 e. The number of nitrogens with two attached hydrogens (primary N) is 1. The van der Waals surface area contributed by atoms with Crippen molar-refractivity contribution < 1.29 is 69.7 Å². The number of carboxylic acids is 1. The van der Waals surface area contributed by atoms with E-state index in [0.717, 1.165) is 11.1 Å². The number of likely N-dealkylation sites (tertiary alicyclic amines) is 2. The second-order valence-electron chi connectivity index (χ2n) is 22.1. The highest BCUT2D eigenvalue weighted by Crippen LogP contribution is 2.45. The van der Waals surface area contributed by atoms with Crippen LogP contribution in [0.3, 0.4) is 0 Å². The molecule has 6 atom stereocenters. The molecule has 436 valence electrons. The highest BCUT2D eigenvalue weighted by molar-refractivity contribution is 7.90. The van der Waals surface area contributed by atoms with Gasteiger partial charge in [-0.25, -0.2) is 35.9 Å². The Kier molecular flexibility index (Phi) is 19.9. The normalized spacial score (nSPS) is 21.9. The summed E-state index contributed by atoms with van der Waals surface area (Å²) in [4.78, 5) is 75.9. The number of carboxylic acid groups (broad SMARTS) is 1. The molecule has 2 heterocycles. The van der Waals surface area contributed by atoms with E-state index in [1.807, 2.05) is 65.4 Å². The summed E-state index contributed by atoms with van der Waals surface area (Å²) in [5.74, 6) is -3.78. The Morgan fingerprint density at radius 2 is 1.06 bits per heavy atom. The summed E-state index contributed by atoms with van der Waals surface area (Å²) < 4.78 is 77.2. The number of nitrogens with zero attached hydrogens (tertiary/aromatic N) is 2. The van der Waals surface area contributed by atoms with Crippen molar-refractivity contribution >= 4 is 55.9 Å². The van der Waals surface area contributed by atoms with Crippen LogP contribution in [0.15, 0.2) is 144 Å². The van der Waals surface area contributed by atoms with Gasteiger partial charge in [-0.05, 0) is 103 Å². The molecule has 2 aliphatic carbocycles. The Bertz CT molecular complexity index is 3190. The van der Waals surface area contributed by atoms with Gasteiger partial charge in [0.05, 0.1) is 21.6 Å². The second kappa shape index (κ2) is 25.8. The molecule has 81 heavy (non-hydrogen) atoms. The number of nitrogens with one attached hydrogen (secondary N) is 3. The second-order valence-corrected chi connectivity index (χ2v) is 25.5. The average molecular weight is 1160 g/mol. The fourth-order valence-corrected chi connectivity index (χ4v) is 10.8. The highest BCUT2D eigenvalue weighted by Gasteiger charge is 2.61. The molecule has 4 aromatic rings. The van der Waals surface area contributed by atoms with Gasteiger partial charge in [-0.15, -0.1) is 13.2 Å². The fraction of sp³-hybridized carbons (Fsp3) is 0.414. The molecule has 0 radical (unpaired) electrons.